The first-order valence-electron chi connectivity index (χ1n) is 10.2. The Labute approximate surface area is 199 Å². The Bertz CT molecular complexity index is 1430. The predicted molar refractivity (Wildman–Crippen MR) is 132 cm³/mol. The fraction of sp³-hybridized carbons (Fsp3) is 0.160. The van der Waals surface area contributed by atoms with E-state index in [0.29, 0.717) is 21.7 Å². The molecule has 4 aromatic rings. The van der Waals surface area contributed by atoms with Gasteiger partial charge in [-0.1, -0.05) is 53.2 Å². The Morgan fingerprint density at radius 2 is 1.79 bits per heavy atom. The van der Waals surface area contributed by atoms with Crippen LogP contribution >= 0.6 is 23.4 Å². The largest absolute Gasteiger partial charge is 0.325 e. The van der Waals surface area contributed by atoms with Gasteiger partial charge in [-0.2, -0.15) is 0 Å². The molecular formula is C25H21ClFN3O2S. The van der Waals surface area contributed by atoms with Gasteiger partial charge in [-0.3, -0.25) is 14.2 Å². The second-order valence-electron chi connectivity index (χ2n) is 7.76. The molecule has 1 aromatic heterocycles. The van der Waals surface area contributed by atoms with Crippen molar-refractivity contribution in [3.63, 3.8) is 0 Å². The molecule has 3 aromatic carbocycles. The number of nitrogens with zero attached hydrogens (tertiary/aromatic N) is 2. The molecular weight excluding hydrogens is 461 g/mol. The molecule has 0 atom stereocenters. The number of aromatic nitrogens is 2. The van der Waals surface area contributed by atoms with Gasteiger partial charge < -0.3 is 5.32 Å². The molecule has 8 heteroatoms. The summed E-state index contributed by atoms with van der Waals surface area (Å²) >= 11 is 7.09. The number of amides is 1. The van der Waals surface area contributed by atoms with Crippen LogP contribution in [0.4, 0.5) is 10.1 Å². The second-order valence-corrected chi connectivity index (χ2v) is 9.11. The third kappa shape index (κ3) is 4.79. The van der Waals surface area contributed by atoms with Gasteiger partial charge >= 0.3 is 0 Å². The number of nitrogens with one attached hydrogen (secondary N) is 1. The van der Waals surface area contributed by atoms with Crippen molar-refractivity contribution in [1.29, 1.82) is 0 Å². The molecule has 0 aliphatic heterocycles. The van der Waals surface area contributed by atoms with Gasteiger partial charge in [0.1, 0.15) is 5.82 Å². The standard InChI is InChI=1S/C25H21ClFN3O2S/c1-14-10-15(2)23(16(3)11-14)29-22(31)13-33-25-28-21-7-5-4-6-18(21)24(32)30(25)17-8-9-20(27)19(26)12-17/h4-12H,13H2,1-3H3,(H,29,31). The van der Waals surface area contributed by atoms with Crippen molar-refractivity contribution in [2.24, 2.45) is 0 Å². The molecule has 1 amide bonds. The Morgan fingerprint density at radius 3 is 2.48 bits per heavy atom. The molecule has 0 saturated heterocycles. The highest BCUT2D eigenvalue weighted by atomic mass is 35.5. The molecule has 1 heterocycles. The number of benzene rings is 3. The van der Waals surface area contributed by atoms with E-state index < -0.39 is 5.82 Å². The maximum absolute atomic E-state index is 13.7. The van der Waals surface area contributed by atoms with Crippen molar-refractivity contribution in [1.82, 2.24) is 9.55 Å². The zero-order valence-corrected chi connectivity index (χ0v) is 19.9. The topological polar surface area (TPSA) is 64.0 Å². The summed E-state index contributed by atoms with van der Waals surface area (Å²) in [5.41, 5.74) is 4.43. The van der Waals surface area contributed by atoms with E-state index in [-0.39, 0.29) is 22.2 Å². The third-order valence-electron chi connectivity index (χ3n) is 5.18. The molecule has 0 fully saturated rings. The molecule has 1 N–H and O–H groups in total. The van der Waals surface area contributed by atoms with E-state index in [2.05, 4.69) is 10.3 Å². The Balaban J connectivity index is 1.69. The Morgan fingerprint density at radius 1 is 1.09 bits per heavy atom. The average molecular weight is 482 g/mol. The van der Waals surface area contributed by atoms with Crippen molar-refractivity contribution in [2.45, 2.75) is 25.9 Å². The normalized spacial score (nSPS) is 11.1. The quantitative estimate of drug-likeness (QED) is 0.287. The highest BCUT2D eigenvalue weighted by Gasteiger charge is 2.16. The smallest absolute Gasteiger partial charge is 0.266 e. The summed E-state index contributed by atoms with van der Waals surface area (Å²) in [5.74, 6) is -0.771. The number of hydrogen-bond donors (Lipinski definition) is 1. The van der Waals surface area contributed by atoms with Crippen LogP contribution in [0.3, 0.4) is 0 Å². The lowest BCUT2D eigenvalue weighted by Gasteiger charge is -2.15. The van der Waals surface area contributed by atoms with Crippen molar-refractivity contribution in [3.05, 3.63) is 92.5 Å². The molecule has 0 spiro atoms. The average Bonchev–Trinajstić information content (AvgIpc) is 2.77. The van der Waals surface area contributed by atoms with Crippen LogP contribution in [-0.4, -0.2) is 21.2 Å². The van der Waals surface area contributed by atoms with Crippen molar-refractivity contribution in [2.75, 3.05) is 11.1 Å². The van der Waals surface area contributed by atoms with Gasteiger partial charge in [0.15, 0.2) is 5.16 Å². The molecule has 0 bridgehead atoms. The zero-order valence-electron chi connectivity index (χ0n) is 18.3. The maximum atomic E-state index is 13.7. The summed E-state index contributed by atoms with van der Waals surface area (Å²) < 4.78 is 15.1. The van der Waals surface area contributed by atoms with Gasteiger partial charge in [-0.15, -0.1) is 0 Å². The van der Waals surface area contributed by atoms with Crippen LogP contribution in [0.5, 0.6) is 0 Å². The van der Waals surface area contributed by atoms with E-state index in [1.807, 2.05) is 32.9 Å². The minimum Gasteiger partial charge on any atom is -0.325 e. The van der Waals surface area contributed by atoms with Gasteiger partial charge in [0, 0.05) is 5.69 Å². The number of rotatable bonds is 5. The Kier molecular flexibility index (Phi) is 6.54. The minimum absolute atomic E-state index is 0.0342. The molecule has 0 radical (unpaired) electrons. The first kappa shape index (κ1) is 23.0. The highest BCUT2D eigenvalue weighted by molar-refractivity contribution is 7.99. The number of halogens is 2. The summed E-state index contributed by atoms with van der Waals surface area (Å²) in [4.78, 5) is 30.6. The van der Waals surface area contributed by atoms with E-state index >= 15 is 0 Å². The van der Waals surface area contributed by atoms with Gasteiger partial charge in [-0.05, 0) is 62.2 Å². The summed E-state index contributed by atoms with van der Waals surface area (Å²) in [6.07, 6.45) is 0. The summed E-state index contributed by atoms with van der Waals surface area (Å²) in [6, 6.07) is 15.0. The van der Waals surface area contributed by atoms with Crippen LogP contribution in [0.2, 0.25) is 5.02 Å². The molecule has 4 rings (SSSR count). The van der Waals surface area contributed by atoms with Crippen LogP contribution in [0, 0.1) is 26.6 Å². The summed E-state index contributed by atoms with van der Waals surface area (Å²) in [7, 11) is 0. The lowest BCUT2D eigenvalue weighted by molar-refractivity contribution is -0.113. The molecule has 0 aliphatic rings. The van der Waals surface area contributed by atoms with Crippen LogP contribution in [-0.2, 0) is 4.79 Å². The van der Waals surface area contributed by atoms with Crippen LogP contribution in [0.25, 0.3) is 16.6 Å². The number of carbonyl (C=O) groups is 1. The number of fused-ring (bicyclic) bond motifs is 1. The molecule has 5 nitrogen and oxygen atoms in total. The van der Waals surface area contributed by atoms with E-state index in [1.54, 1.807) is 24.3 Å². The number of hydrogen-bond acceptors (Lipinski definition) is 4. The van der Waals surface area contributed by atoms with Gasteiger partial charge in [-0.25, -0.2) is 9.37 Å². The summed E-state index contributed by atoms with van der Waals surface area (Å²) in [5, 5.41) is 3.58. The van der Waals surface area contributed by atoms with Gasteiger partial charge in [0.2, 0.25) is 5.91 Å². The molecule has 0 saturated carbocycles. The van der Waals surface area contributed by atoms with E-state index in [0.717, 1.165) is 34.1 Å². The molecule has 168 valence electrons. The van der Waals surface area contributed by atoms with Crippen LogP contribution in [0.15, 0.2) is 64.5 Å². The first-order valence-corrected chi connectivity index (χ1v) is 11.6. The van der Waals surface area contributed by atoms with E-state index in [1.165, 1.54) is 22.8 Å². The molecule has 33 heavy (non-hydrogen) atoms. The number of anilines is 1. The summed E-state index contributed by atoms with van der Waals surface area (Å²) in [6.45, 7) is 5.90. The SMILES string of the molecule is Cc1cc(C)c(NC(=O)CSc2nc3ccccc3c(=O)n2-c2ccc(F)c(Cl)c2)c(C)c1. The first-order chi connectivity index (χ1) is 15.7. The number of thioether (sulfide) groups is 1. The van der Waals surface area contributed by atoms with Crippen molar-refractivity contribution >= 4 is 45.9 Å². The molecule has 0 unspecified atom stereocenters. The lowest BCUT2D eigenvalue weighted by Crippen LogP contribution is -2.23. The van der Waals surface area contributed by atoms with Crippen LogP contribution < -0.4 is 10.9 Å². The number of para-hydroxylation sites is 1. The fourth-order valence-electron chi connectivity index (χ4n) is 3.74. The maximum Gasteiger partial charge on any atom is 0.266 e. The van der Waals surface area contributed by atoms with Crippen LogP contribution in [0.1, 0.15) is 16.7 Å². The van der Waals surface area contributed by atoms with Crippen molar-refractivity contribution < 1.29 is 9.18 Å². The fourth-order valence-corrected chi connectivity index (χ4v) is 4.73. The van der Waals surface area contributed by atoms with Gasteiger partial charge in [0.25, 0.3) is 5.56 Å². The van der Waals surface area contributed by atoms with E-state index in [9.17, 15) is 14.0 Å². The Hall–Kier alpha value is -3.16. The van der Waals surface area contributed by atoms with Gasteiger partial charge in [0.05, 0.1) is 27.4 Å². The second kappa shape index (κ2) is 9.37. The third-order valence-corrected chi connectivity index (χ3v) is 6.41. The minimum atomic E-state index is -0.584. The lowest BCUT2D eigenvalue weighted by atomic mass is 10.1. The monoisotopic (exact) mass is 481 g/mol. The highest BCUT2D eigenvalue weighted by Crippen LogP contribution is 2.26. The predicted octanol–water partition coefficient (Wildman–Crippen LogP) is 5.83. The van der Waals surface area contributed by atoms with E-state index in [4.69, 9.17) is 11.6 Å². The zero-order chi connectivity index (χ0) is 23.7. The number of carbonyl (C=O) groups excluding carboxylic acids is 1. The molecule has 0 aliphatic carbocycles. The van der Waals surface area contributed by atoms with Crippen molar-refractivity contribution in [3.8, 4) is 5.69 Å². The number of aryl methyl sites for hydroxylation is 3.